The SMILES string of the molecule is CC1=CC(=O)CC(C)(C)C1.NC(=S)[S-].NC(=S)[S-].[Na+].[Na+]. The van der Waals surface area contributed by atoms with E-state index in [0.717, 1.165) is 6.42 Å². The molecular weight excluding hydrogens is 350 g/mol. The van der Waals surface area contributed by atoms with Gasteiger partial charge in [-0.25, -0.2) is 0 Å². The molecule has 0 aliphatic heterocycles. The van der Waals surface area contributed by atoms with E-state index in [2.05, 4.69) is 75.0 Å². The quantitative estimate of drug-likeness (QED) is 0.256. The molecule has 20 heavy (non-hydrogen) atoms. The second kappa shape index (κ2) is 15.5. The molecule has 0 radical (unpaired) electrons. The summed E-state index contributed by atoms with van der Waals surface area (Å²) in [5.74, 6) is 0.286. The Morgan fingerprint density at radius 1 is 1.15 bits per heavy atom. The van der Waals surface area contributed by atoms with Gasteiger partial charge in [0.25, 0.3) is 0 Å². The third-order valence-electron chi connectivity index (χ3n) is 1.82. The Bertz CT molecular complexity index is 340. The molecule has 0 atom stereocenters. The molecule has 0 amide bonds. The van der Waals surface area contributed by atoms with Crippen LogP contribution in [0.1, 0.15) is 33.6 Å². The predicted molar refractivity (Wildman–Crippen MR) is 90.1 cm³/mol. The Hall–Kier alpha value is 1.63. The molecule has 0 aromatic rings. The van der Waals surface area contributed by atoms with Crippen LogP contribution < -0.4 is 70.6 Å². The van der Waals surface area contributed by atoms with Crippen LogP contribution in [0.15, 0.2) is 11.6 Å². The predicted octanol–water partition coefficient (Wildman–Crippen LogP) is -4.12. The minimum absolute atomic E-state index is 0. The summed E-state index contributed by atoms with van der Waals surface area (Å²) in [5, 5.41) is 0. The minimum atomic E-state index is 0. The summed E-state index contributed by atoms with van der Waals surface area (Å²) >= 11 is 16.5. The van der Waals surface area contributed by atoms with Gasteiger partial charge in [-0.3, -0.25) is 4.79 Å². The third kappa shape index (κ3) is 27.9. The van der Waals surface area contributed by atoms with Crippen molar-refractivity contribution in [1.29, 1.82) is 0 Å². The van der Waals surface area contributed by atoms with Crippen molar-refractivity contribution >= 4 is 64.1 Å². The Morgan fingerprint density at radius 3 is 1.65 bits per heavy atom. The summed E-state index contributed by atoms with van der Waals surface area (Å²) in [6.07, 6.45) is 3.55. The van der Waals surface area contributed by atoms with Crippen LogP contribution in [0.25, 0.3) is 0 Å². The molecular formula is C11H18N2Na2OS4. The topological polar surface area (TPSA) is 69.1 Å². The van der Waals surface area contributed by atoms with Crippen LogP contribution in [0.2, 0.25) is 0 Å². The van der Waals surface area contributed by atoms with E-state index in [1.54, 1.807) is 6.08 Å². The van der Waals surface area contributed by atoms with Crippen LogP contribution in [-0.2, 0) is 30.1 Å². The van der Waals surface area contributed by atoms with E-state index in [1.165, 1.54) is 5.57 Å². The first-order chi connectivity index (χ1) is 7.96. The van der Waals surface area contributed by atoms with E-state index in [1.807, 2.05) is 6.92 Å². The molecule has 0 aromatic heterocycles. The monoisotopic (exact) mass is 368 g/mol. The fourth-order valence-corrected chi connectivity index (χ4v) is 1.67. The molecule has 0 unspecified atom stereocenters. The maximum absolute atomic E-state index is 11.0. The standard InChI is InChI=1S/C9H14O.2CH3NS2.2Na/c1-7-4-8(10)6-9(2,3)5-7;2*2-1(3)4;;/h4H,5-6H2,1-3H3;2*(H3,2,3,4);;/q;;;2*+1/p-2. The van der Waals surface area contributed by atoms with E-state index in [-0.39, 0.29) is 79.0 Å². The summed E-state index contributed by atoms with van der Waals surface area (Å²) in [5.41, 5.74) is 10.7. The summed E-state index contributed by atoms with van der Waals surface area (Å²) in [4.78, 5) is 11.0. The van der Waals surface area contributed by atoms with E-state index in [0.29, 0.717) is 6.42 Å². The maximum atomic E-state index is 11.0. The summed E-state index contributed by atoms with van der Waals surface area (Å²) in [7, 11) is 0. The molecule has 0 fully saturated rings. The molecule has 0 bridgehead atoms. The molecule has 104 valence electrons. The summed E-state index contributed by atoms with van der Waals surface area (Å²) in [6, 6.07) is 0. The van der Waals surface area contributed by atoms with E-state index >= 15 is 0 Å². The summed E-state index contributed by atoms with van der Waals surface area (Å²) in [6.45, 7) is 6.31. The summed E-state index contributed by atoms with van der Waals surface area (Å²) < 4.78 is 0.167. The number of carbonyl (C=O) groups excluding carboxylic acids is 1. The van der Waals surface area contributed by atoms with E-state index in [9.17, 15) is 4.79 Å². The van der Waals surface area contributed by atoms with Crippen molar-refractivity contribution in [3.8, 4) is 0 Å². The van der Waals surface area contributed by atoms with Gasteiger partial charge in [0.1, 0.15) is 0 Å². The first kappa shape index (κ1) is 29.6. The van der Waals surface area contributed by atoms with Crippen LogP contribution in [0.5, 0.6) is 0 Å². The van der Waals surface area contributed by atoms with Crippen LogP contribution in [-0.4, -0.2) is 14.4 Å². The second-order valence-electron chi connectivity index (χ2n) is 4.61. The molecule has 1 aliphatic rings. The second-order valence-corrected chi connectivity index (χ2v) is 6.89. The number of nitrogens with two attached hydrogens (primary N) is 2. The Labute approximate surface area is 187 Å². The molecule has 0 heterocycles. The van der Waals surface area contributed by atoms with E-state index in [4.69, 9.17) is 0 Å². The van der Waals surface area contributed by atoms with Crippen LogP contribution in [0.3, 0.4) is 0 Å². The Kier molecular flexibility index (Phi) is 23.0. The van der Waals surface area contributed by atoms with Crippen molar-refractivity contribution in [2.45, 2.75) is 33.6 Å². The molecule has 0 aromatic carbocycles. The number of rotatable bonds is 0. The number of allylic oxidation sites excluding steroid dienone is 2. The molecule has 0 saturated heterocycles. The molecule has 0 saturated carbocycles. The fourth-order valence-electron chi connectivity index (χ4n) is 1.67. The first-order valence-electron chi connectivity index (χ1n) is 5.09. The Balaban J connectivity index is -0.000000110. The van der Waals surface area contributed by atoms with Gasteiger partial charge < -0.3 is 61.2 Å². The number of thiocarbonyl (C=S) groups is 2. The fraction of sp³-hybridized carbons (Fsp3) is 0.545. The van der Waals surface area contributed by atoms with Crippen molar-refractivity contribution in [2.75, 3.05) is 0 Å². The van der Waals surface area contributed by atoms with Crippen molar-refractivity contribution in [3.05, 3.63) is 11.6 Å². The number of ketones is 1. The molecule has 4 N–H and O–H groups in total. The third-order valence-corrected chi connectivity index (χ3v) is 1.82. The van der Waals surface area contributed by atoms with Gasteiger partial charge in [-0.05, 0) is 24.8 Å². The van der Waals surface area contributed by atoms with Gasteiger partial charge in [0.15, 0.2) is 5.78 Å². The number of carbonyl (C=O) groups is 1. The van der Waals surface area contributed by atoms with Gasteiger partial charge >= 0.3 is 59.1 Å². The van der Waals surface area contributed by atoms with Gasteiger partial charge in [0.05, 0.1) is 0 Å². The van der Waals surface area contributed by atoms with Crippen LogP contribution >= 0.6 is 24.4 Å². The van der Waals surface area contributed by atoms with Gasteiger partial charge in [0.2, 0.25) is 0 Å². The number of hydrogen-bond acceptors (Lipinski definition) is 5. The van der Waals surface area contributed by atoms with E-state index < -0.39 is 0 Å². The van der Waals surface area contributed by atoms with Gasteiger partial charge in [-0.1, -0.05) is 28.1 Å². The van der Waals surface area contributed by atoms with Crippen LogP contribution in [0, 0.1) is 5.41 Å². The van der Waals surface area contributed by atoms with Crippen LogP contribution in [0.4, 0.5) is 0 Å². The normalized spacial score (nSPS) is 14.6. The zero-order valence-corrected chi connectivity index (χ0v) is 20.0. The molecule has 1 rings (SSSR count). The van der Waals surface area contributed by atoms with Gasteiger partial charge in [-0.2, -0.15) is 0 Å². The van der Waals surface area contributed by atoms with Crippen molar-refractivity contribution < 1.29 is 63.9 Å². The minimum Gasteiger partial charge on any atom is -0.415 e. The zero-order valence-electron chi connectivity index (χ0n) is 12.7. The Morgan fingerprint density at radius 2 is 1.45 bits per heavy atom. The van der Waals surface area contributed by atoms with Crippen molar-refractivity contribution in [2.24, 2.45) is 16.9 Å². The molecule has 3 nitrogen and oxygen atoms in total. The largest absolute Gasteiger partial charge is 1.00 e. The maximum Gasteiger partial charge on any atom is 1.00 e. The zero-order chi connectivity index (χ0) is 14.9. The smallest absolute Gasteiger partial charge is 0.415 e. The van der Waals surface area contributed by atoms with Gasteiger partial charge in [0, 0.05) is 6.42 Å². The molecule has 0 spiro atoms. The first-order valence-corrected chi connectivity index (χ1v) is 6.72. The number of hydrogen-bond donors (Lipinski definition) is 2. The average molecular weight is 369 g/mol. The van der Waals surface area contributed by atoms with Crippen molar-refractivity contribution in [3.63, 3.8) is 0 Å². The average Bonchev–Trinajstić information content (AvgIpc) is 1.94. The van der Waals surface area contributed by atoms with Crippen molar-refractivity contribution in [1.82, 2.24) is 0 Å². The molecule has 9 heteroatoms. The molecule has 1 aliphatic carbocycles. The van der Waals surface area contributed by atoms with Gasteiger partial charge in [-0.15, -0.1) is 0 Å².